The Hall–Kier alpha value is -3.01. The number of ether oxygens (including phenoxy) is 2. The topological polar surface area (TPSA) is 162 Å². The summed E-state index contributed by atoms with van der Waals surface area (Å²) in [4.78, 5) is 57.4. The quantitative estimate of drug-likeness (QED) is 0.204. The molecule has 1 amide bonds. The number of nitrogens with two attached hydrogens (primary N) is 1. The molecule has 0 aliphatic rings. The highest BCUT2D eigenvalue weighted by atomic mass is 16.5. The van der Waals surface area contributed by atoms with Gasteiger partial charge in [0.1, 0.15) is 25.0 Å². The third-order valence-electron chi connectivity index (χ3n) is 3.60. The van der Waals surface area contributed by atoms with Gasteiger partial charge in [-0.1, -0.05) is 13.2 Å². The second-order valence-electron chi connectivity index (χ2n) is 6.54. The zero-order valence-electron chi connectivity index (χ0n) is 16.7. The van der Waals surface area contributed by atoms with Crippen LogP contribution in [0, 0.1) is 5.92 Å². The van der Waals surface area contributed by atoms with Crippen molar-refractivity contribution in [3.05, 3.63) is 24.3 Å². The molecule has 0 aliphatic carbocycles. The monoisotopic (exact) mass is 412 g/mol. The molecule has 0 spiro atoms. The number of carboxylic acid groups (broad SMARTS) is 1. The van der Waals surface area contributed by atoms with Gasteiger partial charge in [0.15, 0.2) is 0 Å². The van der Waals surface area contributed by atoms with Crippen molar-refractivity contribution in [1.82, 2.24) is 5.32 Å². The number of aliphatic carboxylic acids is 1. The molecule has 10 heteroatoms. The van der Waals surface area contributed by atoms with Crippen LogP contribution in [0.1, 0.15) is 33.1 Å². The van der Waals surface area contributed by atoms with Crippen LogP contribution in [0.25, 0.3) is 0 Å². The summed E-state index contributed by atoms with van der Waals surface area (Å²) in [5.74, 6) is -4.69. The van der Waals surface area contributed by atoms with E-state index in [0.29, 0.717) is 0 Å². The van der Waals surface area contributed by atoms with Crippen molar-refractivity contribution in [2.75, 3.05) is 19.8 Å². The molecule has 0 aromatic carbocycles. The number of nitrogens with one attached hydrogen (secondary N) is 1. The van der Waals surface area contributed by atoms with Crippen LogP contribution in [0.5, 0.6) is 0 Å². The first-order valence-electron chi connectivity index (χ1n) is 8.88. The Kier molecular flexibility index (Phi) is 11.8. The van der Waals surface area contributed by atoms with Gasteiger partial charge in [0.25, 0.3) is 0 Å². The number of carbonyl (C=O) groups excluding carboxylic acids is 4. The maximum atomic E-state index is 11.9. The molecule has 2 atom stereocenters. The van der Waals surface area contributed by atoms with E-state index in [9.17, 15) is 24.0 Å². The Morgan fingerprint density at radius 1 is 1.00 bits per heavy atom. The van der Waals surface area contributed by atoms with Crippen molar-refractivity contribution in [2.45, 2.75) is 39.2 Å². The second kappa shape index (κ2) is 13.2. The first kappa shape index (κ1) is 26.0. The highest BCUT2D eigenvalue weighted by molar-refractivity contribution is 5.88. The highest BCUT2D eigenvalue weighted by Crippen LogP contribution is 2.09. The molecule has 0 unspecified atom stereocenters. The largest absolute Gasteiger partial charge is 0.481 e. The lowest BCUT2D eigenvalue weighted by molar-refractivity contribution is -0.150. The van der Waals surface area contributed by atoms with E-state index in [1.807, 2.05) is 0 Å². The SMILES string of the molecule is C=C(C)C(=O)OC[C@H](CC(=O)CCCNC(=O)[C@@H](N)COC(=O)C(=C)C)C(=O)O. The van der Waals surface area contributed by atoms with Crippen LogP contribution < -0.4 is 11.1 Å². The van der Waals surface area contributed by atoms with E-state index >= 15 is 0 Å². The van der Waals surface area contributed by atoms with Crippen LogP contribution in [0.4, 0.5) is 0 Å². The number of ketones is 1. The average molecular weight is 412 g/mol. The predicted octanol–water partition coefficient (Wildman–Crippen LogP) is 0.109. The first-order valence-corrected chi connectivity index (χ1v) is 8.88. The summed E-state index contributed by atoms with van der Waals surface area (Å²) in [5, 5.41) is 11.6. The maximum absolute atomic E-state index is 11.9. The van der Waals surface area contributed by atoms with E-state index in [1.165, 1.54) is 13.8 Å². The van der Waals surface area contributed by atoms with Crippen LogP contribution in [-0.2, 0) is 33.4 Å². The van der Waals surface area contributed by atoms with Gasteiger partial charge in [0.05, 0.1) is 5.92 Å². The Balaban J connectivity index is 4.20. The fraction of sp³-hybridized carbons (Fsp3) is 0.526. The van der Waals surface area contributed by atoms with Gasteiger partial charge < -0.3 is 25.6 Å². The number of esters is 2. The van der Waals surface area contributed by atoms with E-state index in [2.05, 4.69) is 18.5 Å². The molecule has 0 saturated carbocycles. The highest BCUT2D eigenvalue weighted by Gasteiger charge is 2.23. The number of rotatable bonds is 14. The first-order chi connectivity index (χ1) is 13.5. The summed E-state index contributed by atoms with van der Waals surface area (Å²) in [6.07, 6.45) is -0.0117. The molecule has 0 fully saturated rings. The minimum Gasteiger partial charge on any atom is -0.481 e. The van der Waals surface area contributed by atoms with E-state index < -0.39 is 42.4 Å². The molecule has 0 heterocycles. The lowest BCUT2D eigenvalue weighted by Gasteiger charge is -2.13. The second-order valence-corrected chi connectivity index (χ2v) is 6.54. The van der Waals surface area contributed by atoms with Gasteiger partial charge in [-0.2, -0.15) is 0 Å². The Labute approximate surface area is 169 Å². The molecule has 10 nitrogen and oxygen atoms in total. The number of carbonyl (C=O) groups is 5. The molecular weight excluding hydrogens is 384 g/mol. The number of Topliss-reactive ketones (excluding diaryl/α,β-unsaturated/α-hetero) is 1. The van der Waals surface area contributed by atoms with Gasteiger partial charge in [-0.05, 0) is 20.3 Å². The number of carboxylic acids is 1. The van der Waals surface area contributed by atoms with Crippen LogP contribution in [0.15, 0.2) is 24.3 Å². The fourth-order valence-corrected chi connectivity index (χ4v) is 1.89. The summed E-state index contributed by atoms with van der Waals surface area (Å²) < 4.78 is 9.56. The van der Waals surface area contributed by atoms with Crippen molar-refractivity contribution in [3.63, 3.8) is 0 Å². The van der Waals surface area contributed by atoms with Crippen molar-refractivity contribution >= 4 is 29.6 Å². The van der Waals surface area contributed by atoms with Crippen molar-refractivity contribution < 1.29 is 38.6 Å². The molecule has 0 bridgehead atoms. The molecule has 0 aliphatic heterocycles. The predicted molar refractivity (Wildman–Crippen MR) is 103 cm³/mol. The molecule has 162 valence electrons. The van der Waals surface area contributed by atoms with Crippen molar-refractivity contribution in [1.29, 1.82) is 0 Å². The smallest absolute Gasteiger partial charge is 0.333 e. The molecular formula is C19H28N2O8. The summed E-state index contributed by atoms with van der Waals surface area (Å²) in [5.41, 5.74) is 5.90. The van der Waals surface area contributed by atoms with E-state index in [4.69, 9.17) is 20.3 Å². The zero-order valence-corrected chi connectivity index (χ0v) is 16.7. The van der Waals surface area contributed by atoms with Crippen LogP contribution >= 0.6 is 0 Å². The molecule has 0 rings (SSSR count). The van der Waals surface area contributed by atoms with Crippen molar-refractivity contribution in [3.8, 4) is 0 Å². The summed E-state index contributed by atoms with van der Waals surface area (Å²) >= 11 is 0. The van der Waals surface area contributed by atoms with Crippen LogP contribution in [0.2, 0.25) is 0 Å². The van der Waals surface area contributed by atoms with E-state index in [1.54, 1.807) is 0 Å². The minimum absolute atomic E-state index is 0.0262. The minimum atomic E-state index is -1.25. The number of amides is 1. The van der Waals surface area contributed by atoms with Gasteiger partial charge in [0, 0.05) is 30.5 Å². The lowest BCUT2D eigenvalue weighted by atomic mass is 10.0. The Morgan fingerprint density at radius 3 is 2.00 bits per heavy atom. The van der Waals surface area contributed by atoms with Gasteiger partial charge in [-0.15, -0.1) is 0 Å². The van der Waals surface area contributed by atoms with Gasteiger partial charge in [-0.25, -0.2) is 9.59 Å². The maximum Gasteiger partial charge on any atom is 0.333 e. The summed E-state index contributed by atoms with van der Waals surface area (Å²) in [6.45, 7) is 9.07. The van der Waals surface area contributed by atoms with Gasteiger partial charge >= 0.3 is 17.9 Å². The normalized spacial score (nSPS) is 12.2. The molecule has 0 saturated heterocycles. The zero-order chi connectivity index (χ0) is 22.6. The fourth-order valence-electron chi connectivity index (χ4n) is 1.89. The number of hydrogen-bond acceptors (Lipinski definition) is 8. The lowest BCUT2D eigenvalue weighted by Crippen LogP contribution is -2.44. The molecule has 4 N–H and O–H groups in total. The number of hydrogen-bond donors (Lipinski definition) is 3. The average Bonchev–Trinajstić information content (AvgIpc) is 2.64. The third-order valence-corrected chi connectivity index (χ3v) is 3.60. The molecule has 0 aromatic rings. The van der Waals surface area contributed by atoms with Crippen molar-refractivity contribution in [2.24, 2.45) is 11.7 Å². The summed E-state index contributed by atoms with van der Waals surface area (Å²) in [6, 6.07) is -1.06. The van der Waals surface area contributed by atoms with E-state index in [0.717, 1.165) is 0 Å². The summed E-state index contributed by atoms with van der Waals surface area (Å²) in [7, 11) is 0. The Morgan fingerprint density at radius 2 is 1.52 bits per heavy atom. The molecule has 0 radical (unpaired) electrons. The standard InChI is InChI=1S/C19H28N2O8/c1-11(2)18(26)28-9-13(17(24)25)8-14(22)6-5-7-21-16(23)15(20)10-29-19(27)12(3)4/h13,15H,1,3,5-10,20H2,2,4H3,(H,21,23)(H,24,25)/t13-,15-/m0/s1. The Bertz CT molecular complexity index is 671. The van der Waals surface area contributed by atoms with Gasteiger partial charge in [-0.3, -0.25) is 14.4 Å². The van der Waals surface area contributed by atoms with Crippen LogP contribution in [0.3, 0.4) is 0 Å². The van der Waals surface area contributed by atoms with Crippen LogP contribution in [-0.4, -0.2) is 60.5 Å². The molecule has 29 heavy (non-hydrogen) atoms. The van der Waals surface area contributed by atoms with E-state index in [-0.39, 0.29) is 49.3 Å². The third kappa shape index (κ3) is 11.4. The molecule has 0 aromatic heterocycles. The van der Waals surface area contributed by atoms with Gasteiger partial charge in [0.2, 0.25) is 5.91 Å².